The lowest BCUT2D eigenvalue weighted by atomic mass is 9.80. The Morgan fingerprint density at radius 3 is 2.43 bits per heavy atom. The Morgan fingerprint density at radius 2 is 2.00 bits per heavy atom. The van der Waals surface area contributed by atoms with E-state index >= 15 is 0 Å². The predicted molar refractivity (Wildman–Crippen MR) is 48.2 cm³/mol. The maximum absolute atomic E-state index is 13.1. The first-order chi connectivity index (χ1) is 6.45. The van der Waals surface area contributed by atoms with Crippen LogP contribution in [0.15, 0.2) is 12.1 Å². The minimum absolute atomic E-state index is 0.269. The Morgan fingerprint density at radius 1 is 1.43 bits per heavy atom. The minimum Gasteiger partial charge on any atom is -0.478 e. The van der Waals surface area contributed by atoms with Crippen molar-refractivity contribution in [3.05, 3.63) is 28.5 Å². The van der Waals surface area contributed by atoms with Crippen LogP contribution in [0.3, 0.4) is 0 Å². The van der Waals surface area contributed by atoms with Crippen LogP contribution < -0.4 is 5.46 Å². The molecule has 0 aromatic heterocycles. The highest BCUT2D eigenvalue weighted by Crippen LogP contribution is 2.16. The zero-order valence-electron chi connectivity index (χ0n) is 6.74. The second kappa shape index (κ2) is 3.95. The number of carboxylic acids is 1. The zero-order chi connectivity index (χ0) is 10.9. The summed E-state index contributed by atoms with van der Waals surface area (Å²) < 4.78 is 13.1. The van der Waals surface area contributed by atoms with Crippen LogP contribution in [0.5, 0.6) is 0 Å². The fraction of sp³-hybridized carbons (Fsp3) is 0. The second-order valence-corrected chi connectivity index (χ2v) is 2.89. The quantitative estimate of drug-likeness (QED) is 0.604. The van der Waals surface area contributed by atoms with Gasteiger partial charge in [0.2, 0.25) is 0 Å². The molecule has 0 aliphatic heterocycles. The van der Waals surface area contributed by atoms with Gasteiger partial charge in [-0.25, -0.2) is 9.18 Å². The molecule has 0 atom stereocenters. The van der Waals surface area contributed by atoms with Gasteiger partial charge in [0.25, 0.3) is 0 Å². The molecular formula is C7H5BClFO4. The fourth-order valence-corrected chi connectivity index (χ4v) is 1.19. The van der Waals surface area contributed by atoms with Crippen molar-refractivity contribution >= 4 is 30.2 Å². The molecule has 0 amide bonds. The minimum atomic E-state index is -1.93. The smallest absolute Gasteiger partial charge is 0.478 e. The third-order valence-electron chi connectivity index (χ3n) is 1.62. The maximum atomic E-state index is 13.1. The number of hydrogen-bond donors (Lipinski definition) is 3. The second-order valence-electron chi connectivity index (χ2n) is 2.51. The summed E-state index contributed by atoms with van der Waals surface area (Å²) >= 11 is 5.38. The van der Waals surface area contributed by atoms with Crippen LogP contribution in [-0.4, -0.2) is 28.2 Å². The molecular weight excluding hydrogens is 213 g/mol. The van der Waals surface area contributed by atoms with Crippen molar-refractivity contribution in [1.82, 2.24) is 0 Å². The van der Waals surface area contributed by atoms with Crippen LogP contribution in [0.25, 0.3) is 0 Å². The average molecular weight is 218 g/mol. The van der Waals surface area contributed by atoms with Crippen molar-refractivity contribution in [1.29, 1.82) is 0 Å². The summed E-state index contributed by atoms with van der Waals surface area (Å²) in [4.78, 5) is 10.4. The van der Waals surface area contributed by atoms with E-state index in [-0.39, 0.29) is 5.46 Å². The van der Waals surface area contributed by atoms with Crippen molar-refractivity contribution in [2.75, 3.05) is 0 Å². The monoisotopic (exact) mass is 218 g/mol. The summed E-state index contributed by atoms with van der Waals surface area (Å²) in [7, 11) is -1.93. The van der Waals surface area contributed by atoms with E-state index < -0.39 is 29.5 Å². The standard InChI is InChI=1S/C7H5BClFO4/c9-5-4(8(13)14)2-1-3(6(5)10)7(11)12/h1-2,13-14H,(H,11,12). The van der Waals surface area contributed by atoms with Crippen molar-refractivity contribution in [2.24, 2.45) is 0 Å². The normalized spacial score (nSPS) is 10.0. The van der Waals surface area contributed by atoms with E-state index in [0.717, 1.165) is 12.1 Å². The number of carbonyl (C=O) groups is 1. The molecule has 0 unspecified atom stereocenters. The van der Waals surface area contributed by atoms with E-state index in [9.17, 15) is 9.18 Å². The van der Waals surface area contributed by atoms with Crippen LogP contribution in [0.4, 0.5) is 4.39 Å². The largest absolute Gasteiger partial charge is 0.490 e. The summed E-state index contributed by atoms with van der Waals surface area (Å²) in [5, 5.41) is 25.3. The molecule has 0 radical (unpaired) electrons. The molecule has 0 saturated carbocycles. The van der Waals surface area contributed by atoms with Gasteiger partial charge in [0, 0.05) is 5.46 Å². The van der Waals surface area contributed by atoms with Gasteiger partial charge in [0.15, 0.2) is 5.82 Å². The third kappa shape index (κ3) is 1.87. The fourth-order valence-electron chi connectivity index (χ4n) is 0.929. The van der Waals surface area contributed by atoms with Gasteiger partial charge in [-0.1, -0.05) is 17.7 Å². The van der Waals surface area contributed by atoms with Gasteiger partial charge in [-0.2, -0.15) is 0 Å². The van der Waals surface area contributed by atoms with E-state index in [0.29, 0.717) is 0 Å². The molecule has 3 N–H and O–H groups in total. The Bertz CT molecular complexity index is 382. The SMILES string of the molecule is O=C(O)c1ccc(B(O)O)c(Cl)c1F. The number of carboxylic acid groups (broad SMARTS) is 1. The lowest BCUT2D eigenvalue weighted by molar-refractivity contribution is 0.0692. The van der Waals surface area contributed by atoms with Crippen molar-refractivity contribution < 1.29 is 24.3 Å². The maximum Gasteiger partial charge on any atom is 0.490 e. The summed E-state index contributed by atoms with van der Waals surface area (Å²) in [6.45, 7) is 0. The van der Waals surface area contributed by atoms with Crippen molar-refractivity contribution in [3.8, 4) is 0 Å². The Labute approximate surface area is 83.7 Å². The molecule has 1 aromatic carbocycles. The van der Waals surface area contributed by atoms with E-state index in [1.54, 1.807) is 0 Å². The molecule has 0 saturated heterocycles. The first-order valence-electron chi connectivity index (χ1n) is 3.52. The summed E-state index contributed by atoms with van der Waals surface area (Å²) in [5.74, 6) is -2.65. The van der Waals surface area contributed by atoms with Gasteiger partial charge in [-0.05, 0) is 6.07 Å². The summed E-state index contributed by atoms with van der Waals surface area (Å²) in [6.07, 6.45) is 0. The van der Waals surface area contributed by atoms with Crippen molar-refractivity contribution in [2.45, 2.75) is 0 Å². The highest BCUT2D eigenvalue weighted by atomic mass is 35.5. The average Bonchev–Trinajstić information content (AvgIpc) is 2.08. The van der Waals surface area contributed by atoms with E-state index in [2.05, 4.69) is 0 Å². The molecule has 0 bridgehead atoms. The number of benzene rings is 1. The third-order valence-corrected chi connectivity index (χ3v) is 2.00. The molecule has 0 heterocycles. The Hall–Kier alpha value is -1.11. The van der Waals surface area contributed by atoms with Gasteiger partial charge in [0.1, 0.15) is 0 Å². The Balaban J connectivity index is 3.33. The molecule has 0 aliphatic rings. The van der Waals surface area contributed by atoms with E-state index in [1.165, 1.54) is 0 Å². The zero-order valence-corrected chi connectivity index (χ0v) is 7.49. The van der Waals surface area contributed by atoms with Gasteiger partial charge in [-0.3, -0.25) is 0 Å². The highest BCUT2D eigenvalue weighted by molar-refractivity contribution is 6.62. The van der Waals surface area contributed by atoms with Crippen LogP contribution in [-0.2, 0) is 0 Å². The number of hydrogen-bond acceptors (Lipinski definition) is 3. The summed E-state index contributed by atoms with van der Waals surface area (Å²) in [6, 6.07) is 1.96. The molecule has 0 aliphatic carbocycles. The van der Waals surface area contributed by atoms with Crippen LogP contribution in [0, 0.1) is 5.82 Å². The number of aromatic carboxylic acids is 1. The van der Waals surface area contributed by atoms with Crippen molar-refractivity contribution in [3.63, 3.8) is 0 Å². The molecule has 0 spiro atoms. The van der Waals surface area contributed by atoms with Crippen LogP contribution in [0.2, 0.25) is 5.02 Å². The van der Waals surface area contributed by atoms with Crippen LogP contribution in [0.1, 0.15) is 10.4 Å². The topological polar surface area (TPSA) is 77.8 Å². The Kier molecular flexibility index (Phi) is 3.10. The molecule has 7 heteroatoms. The van der Waals surface area contributed by atoms with Gasteiger partial charge in [0.05, 0.1) is 10.6 Å². The molecule has 4 nitrogen and oxygen atoms in total. The summed E-state index contributed by atoms with van der Waals surface area (Å²) in [5.41, 5.74) is -0.881. The lowest BCUT2D eigenvalue weighted by Gasteiger charge is -2.05. The molecule has 0 fully saturated rings. The lowest BCUT2D eigenvalue weighted by Crippen LogP contribution is -2.31. The first-order valence-corrected chi connectivity index (χ1v) is 3.90. The molecule has 1 aromatic rings. The first kappa shape index (κ1) is 11.0. The van der Waals surface area contributed by atoms with E-state index in [4.69, 9.17) is 26.8 Å². The van der Waals surface area contributed by atoms with E-state index in [1.807, 2.05) is 0 Å². The van der Waals surface area contributed by atoms with Gasteiger partial charge >= 0.3 is 13.1 Å². The molecule has 14 heavy (non-hydrogen) atoms. The number of halogens is 2. The van der Waals surface area contributed by atoms with Gasteiger partial charge in [-0.15, -0.1) is 0 Å². The van der Waals surface area contributed by atoms with Crippen LogP contribution >= 0.6 is 11.6 Å². The number of rotatable bonds is 2. The highest BCUT2D eigenvalue weighted by Gasteiger charge is 2.22. The predicted octanol–water partition coefficient (Wildman–Crippen LogP) is -0.143. The molecule has 74 valence electrons. The van der Waals surface area contributed by atoms with Gasteiger partial charge < -0.3 is 15.2 Å². The molecule has 1 rings (SSSR count).